The molecule has 3 aromatic rings. The van der Waals surface area contributed by atoms with Gasteiger partial charge in [0.15, 0.2) is 5.67 Å². The Morgan fingerprint density at radius 2 is 0.605 bits per heavy atom. The van der Waals surface area contributed by atoms with E-state index in [0.717, 1.165) is 72.8 Å². The largest absolute Gasteiger partial charge is 0.428 e. The first kappa shape index (κ1) is 28.2. The van der Waals surface area contributed by atoms with Crippen LogP contribution in [0.1, 0.15) is 16.7 Å². The van der Waals surface area contributed by atoms with Gasteiger partial charge in [-0.15, -0.1) is 0 Å². The van der Waals surface area contributed by atoms with Crippen molar-refractivity contribution >= 4 is 0 Å². The third-order valence-electron chi connectivity index (χ3n) is 4.82. The normalized spacial score (nSPS) is 10.9. The van der Waals surface area contributed by atoms with Crippen LogP contribution in [0.3, 0.4) is 0 Å². The summed E-state index contributed by atoms with van der Waals surface area (Å²) in [5.74, 6) is -1.25. The maximum absolute atomic E-state index is 16.8. The van der Waals surface area contributed by atoms with Crippen LogP contribution in [0.15, 0.2) is 109 Å². The van der Waals surface area contributed by atoms with Crippen molar-refractivity contribution in [2.45, 2.75) is 5.67 Å². The Kier molecular flexibility index (Phi) is 8.71. The summed E-state index contributed by atoms with van der Waals surface area (Å²) >= 11 is 0. The average molecular weight is 550 g/mol. The molecule has 0 radical (unpaired) electrons. The zero-order chi connectivity index (χ0) is 28.0. The van der Waals surface area contributed by atoms with Crippen molar-refractivity contribution in [3.8, 4) is 17.2 Å². The van der Waals surface area contributed by atoms with Crippen molar-refractivity contribution in [1.82, 2.24) is 0 Å². The second kappa shape index (κ2) is 11.8. The summed E-state index contributed by atoms with van der Waals surface area (Å²) in [5.41, 5.74) is -3.22. The van der Waals surface area contributed by atoms with Crippen molar-refractivity contribution < 1.29 is 58.1 Å². The van der Waals surface area contributed by atoms with E-state index < -0.39 is 59.2 Å². The summed E-state index contributed by atoms with van der Waals surface area (Å²) in [6, 6.07) is 5.59. The fourth-order valence-corrected chi connectivity index (χ4v) is 3.18. The van der Waals surface area contributed by atoms with Gasteiger partial charge in [-0.1, -0.05) is 36.4 Å². The molecule has 0 spiro atoms. The Morgan fingerprint density at radius 1 is 0.395 bits per heavy atom. The van der Waals surface area contributed by atoms with Crippen molar-refractivity contribution in [2.24, 2.45) is 0 Å². The van der Waals surface area contributed by atoms with Crippen LogP contribution in [0.4, 0.5) is 43.9 Å². The van der Waals surface area contributed by atoms with Crippen LogP contribution in [-0.2, 0) is 5.67 Å². The molecule has 0 bridgehead atoms. The molecule has 0 aromatic heterocycles. The Hall–Kier alpha value is -4.42. The summed E-state index contributed by atoms with van der Waals surface area (Å²) in [5, 5.41) is 0. The molecule has 38 heavy (non-hydrogen) atoms. The lowest BCUT2D eigenvalue weighted by molar-refractivity contribution is 0.239. The number of rotatable bonds is 9. The number of halogens is 10. The molecule has 3 nitrogen and oxygen atoms in total. The van der Waals surface area contributed by atoms with Gasteiger partial charge in [-0.05, 0) is 53.1 Å². The van der Waals surface area contributed by atoms with E-state index in [4.69, 9.17) is 0 Å². The molecular weight excluding hydrogens is 538 g/mol. The molecule has 0 atom stereocenters. The zero-order valence-corrected chi connectivity index (χ0v) is 18.4. The standard InChI is InChI=1S/C25H12F10O3/c26-19(27)22(32)36-16-7-1-13(2-8-16)25(35,14-3-9-17(10-4-14)37-23(33)20(28)29)15-5-11-18(12-6-15)38-24(34)21(30)31/h1-12H. The van der Waals surface area contributed by atoms with Crippen LogP contribution in [0, 0.1) is 0 Å². The maximum atomic E-state index is 16.8. The van der Waals surface area contributed by atoms with Gasteiger partial charge in [-0.3, -0.25) is 0 Å². The third-order valence-corrected chi connectivity index (χ3v) is 4.82. The molecule has 0 aliphatic rings. The summed E-state index contributed by atoms with van der Waals surface area (Å²) in [6.07, 6.45) is -8.18. The maximum Gasteiger partial charge on any atom is 0.344 e. The number of hydrogen-bond donors (Lipinski definition) is 0. The highest BCUT2D eigenvalue weighted by Crippen LogP contribution is 2.42. The first-order valence-electron chi connectivity index (χ1n) is 10.1. The minimum absolute atomic E-state index is 0.195. The Bertz CT molecular complexity index is 1190. The number of alkyl halides is 1. The van der Waals surface area contributed by atoms with Gasteiger partial charge in [0.25, 0.3) is 0 Å². The highest BCUT2D eigenvalue weighted by atomic mass is 19.3. The Morgan fingerprint density at radius 3 is 0.789 bits per heavy atom. The molecule has 0 aliphatic heterocycles. The van der Waals surface area contributed by atoms with Gasteiger partial charge >= 0.3 is 36.3 Å². The number of benzene rings is 3. The topological polar surface area (TPSA) is 27.7 Å². The van der Waals surface area contributed by atoms with Gasteiger partial charge < -0.3 is 14.2 Å². The first-order chi connectivity index (χ1) is 17.9. The van der Waals surface area contributed by atoms with Crippen LogP contribution >= 0.6 is 0 Å². The molecule has 3 aromatic carbocycles. The molecule has 0 fully saturated rings. The fraction of sp³-hybridized carbons (Fsp3) is 0.0400. The van der Waals surface area contributed by atoms with E-state index in [2.05, 4.69) is 14.2 Å². The molecule has 0 heterocycles. The molecule has 13 heteroatoms. The average Bonchev–Trinajstić information content (AvgIpc) is 2.89. The molecule has 0 saturated heterocycles. The lowest BCUT2D eigenvalue weighted by Gasteiger charge is -2.28. The van der Waals surface area contributed by atoms with E-state index in [1.165, 1.54) is 0 Å². The fourth-order valence-electron chi connectivity index (χ4n) is 3.18. The van der Waals surface area contributed by atoms with Crippen LogP contribution < -0.4 is 14.2 Å². The predicted octanol–water partition coefficient (Wildman–Crippen LogP) is 9.19. The number of hydrogen-bond acceptors (Lipinski definition) is 3. The van der Waals surface area contributed by atoms with Gasteiger partial charge in [-0.2, -0.15) is 39.5 Å². The van der Waals surface area contributed by atoms with Crippen molar-refractivity contribution in [3.63, 3.8) is 0 Å². The zero-order valence-electron chi connectivity index (χ0n) is 18.4. The van der Waals surface area contributed by atoms with E-state index >= 15 is 4.39 Å². The van der Waals surface area contributed by atoms with Gasteiger partial charge in [0, 0.05) is 0 Å². The summed E-state index contributed by atoms with van der Waals surface area (Å²) in [6.45, 7) is 0. The van der Waals surface area contributed by atoms with Crippen LogP contribution in [0.5, 0.6) is 17.2 Å². The van der Waals surface area contributed by atoms with Gasteiger partial charge in [-0.25, -0.2) is 4.39 Å². The Labute approximate surface area is 207 Å². The van der Waals surface area contributed by atoms with Crippen LogP contribution in [0.2, 0.25) is 0 Å². The quantitative estimate of drug-likeness (QED) is 0.151. The second-order valence-corrected chi connectivity index (χ2v) is 7.14. The van der Waals surface area contributed by atoms with Crippen molar-refractivity contribution in [3.05, 3.63) is 126 Å². The molecule has 0 amide bonds. The highest BCUT2D eigenvalue weighted by Gasteiger charge is 2.37. The summed E-state index contributed by atoms with van der Waals surface area (Å²) < 4.78 is 143. The number of ether oxygens (including phenoxy) is 3. The highest BCUT2D eigenvalue weighted by molar-refractivity contribution is 5.50. The van der Waals surface area contributed by atoms with E-state index in [1.54, 1.807) is 0 Å². The van der Waals surface area contributed by atoms with E-state index in [0.29, 0.717) is 0 Å². The smallest absolute Gasteiger partial charge is 0.344 e. The molecule has 200 valence electrons. The molecule has 0 saturated carbocycles. The summed E-state index contributed by atoms with van der Waals surface area (Å²) in [7, 11) is 0. The van der Waals surface area contributed by atoms with Crippen LogP contribution in [-0.4, -0.2) is 0 Å². The van der Waals surface area contributed by atoms with E-state index in [1.807, 2.05) is 0 Å². The minimum Gasteiger partial charge on any atom is -0.428 e. The first-order valence-corrected chi connectivity index (χ1v) is 10.1. The van der Waals surface area contributed by atoms with Gasteiger partial charge in [0.2, 0.25) is 0 Å². The lowest BCUT2D eigenvalue weighted by atomic mass is 9.82. The van der Waals surface area contributed by atoms with E-state index in [-0.39, 0.29) is 16.7 Å². The second-order valence-electron chi connectivity index (χ2n) is 7.14. The minimum atomic E-state index is -2.73. The van der Waals surface area contributed by atoms with Gasteiger partial charge in [0.1, 0.15) is 17.2 Å². The molecular formula is C25H12F10O3. The SMILES string of the molecule is FC(F)=C(F)Oc1ccc(C(F)(c2ccc(OC(F)=C(F)F)cc2)c2ccc(OC(F)=C(F)F)cc2)cc1. The lowest BCUT2D eigenvalue weighted by Crippen LogP contribution is -2.23. The monoisotopic (exact) mass is 550 g/mol. The summed E-state index contributed by atoms with van der Waals surface area (Å²) in [4.78, 5) is 0. The van der Waals surface area contributed by atoms with Gasteiger partial charge in [0.05, 0.1) is 0 Å². The molecule has 3 rings (SSSR count). The van der Waals surface area contributed by atoms with Crippen LogP contribution in [0.25, 0.3) is 0 Å². The van der Waals surface area contributed by atoms with Crippen molar-refractivity contribution in [2.75, 3.05) is 0 Å². The van der Waals surface area contributed by atoms with Crippen molar-refractivity contribution in [1.29, 1.82) is 0 Å². The molecule has 0 N–H and O–H groups in total. The Balaban J connectivity index is 2.05. The predicted molar refractivity (Wildman–Crippen MR) is 113 cm³/mol. The van der Waals surface area contributed by atoms with E-state index in [9.17, 15) is 39.5 Å². The molecule has 0 aliphatic carbocycles. The third kappa shape index (κ3) is 6.47. The molecule has 0 unspecified atom stereocenters.